The average Bonchev–Trinajstić information content (AvgIpc) is 2.42. The number of nitro benzene ring substituents is 1. The molecule has 2 N–H and O–H groups in total. The van der Waals surface area contributed by atoms with Crippen LogP contribution in [0.4, 0.5) is 5.69 Å². The summed E-state index contributed by atoms with van der Waals surface area (Å²) in [5, 5.41) is 21.9. The fourth-order valence-corrected chi connectivity index (χ4v) is 1.89. The van der Waals surface area contributed by atoms with Crippen molar-refractivity contribution in [2.75, 3.05) is 6.54 Å². The summed E-state index contributed by atoms with van der Waals surface area (Å²) in [5.74, 6) is -1.79. The summed E-state index contributed by atoms with van der Waals surface area (Å²) >= 11 is 5.83. The number of carboxylic acid groups (broad SMARTS) is 1. The number of amides is 1. The first-order chi connectivity index (χ1) is 9.82. The Bertz CT molecular complexity index is 561. The highest BCUT2D eigenvalue weighted by molar-refractivity contribution is 6.34. The van der Waals surface area contributed by atoms with Gasteiger partial charge in [0.2, 0.25) is 0 Å². The van der Waals surface area contributed by atoms with Crippen molar-refractivity contribution >= 4 is 29.2 Å². The normalized spacial score (nSPS) is 11.7. The van der Waals surface area contributed by atoms with Crippen LogP contribution in [-0.4, -0.2) is 28.5 Å². The lowest BCUT2D eigenvalue weighted by Crippen LogP contribution is -2.25. The van der Waals surface area contributed by atoms with E-state index in [9.17, 15) is 19.7 Å². The molecule has 1 rings (SSSR count). The molecule has 7 nitrogen and oxygen atoms in total. The number of nitro groups is 1. The van der Waals surface area contributed by atoms with Crippen molar-refractivity contribution in [3.8, 4) is 0 Å². The zero-order valence-electron chi connectivity index (χ0n) is 11.3. The van der Waals surface area contributed by atoms with Crippen LogP contribution in [0, 0.1) is 16.0 Å². The lowest BCUT2D eigenvalue weighted by molar-refractivity contribution is -0.384. The number of carboxylic acids is 1. The van der Waals surface area contributed by atoms with Gasteiger partial charge in [-0.15, -0.1) is 0 Å². The summed E-state index contributed by atoms with van der Waals surface area (Å²) in [4.78, 5) is 32.4. The van der Waals surface area contributed by atoms with Crippen LogP contribution in [-0.2, 0) is 4.79 Å². The van der Waals surface area contributed by atoms with Crippen LogP contribution in [0.5, 0.6) is 0 Å². The molecule has 1 aromatic rings. The van der Waals surface area contributed by atoms with Gasteiger partial charge in [0.25, 0.3) is 11.6 Å². The molecule has 1 atom stereocenters. The average molecular weight is 315 g/mol. The zero-order chi connectivity index (χ0) is 16.0. The maximum absolute atomic E-state index is 11.8. The van der Waals surface area contributed by atoms with E-state index in [1.165, 1.54) is 12.1 Å². The van der Waals surface area contributed by atoms with E-state index in [1.807, 2.05) is 0 Å². The third-order valence-electron chi connectivity index (χ3n) is 2.93. The van der Waals surface area contributed by atoms with Crippen molar-refractivity contribution in [1.29, 1.82) is 0 Å². The number of hydrogen-bond acceptors (Lipinski definition) is 4. The Morgan fingerprint density at radius 2 is 2.14 bits per heavy atom. The lowest BCUT2D eigenvalue weighted by atomic mass is 10.1. The zero-order valence-corrected chi connectivity index (χ0v) is 12.1. The first-order valence-corrected chi connectivity index (χ1v) is 6.65. The van der Waals surface area contributed by atoms with Gasteiger partial charge < -0.3 is 10.4 Å². The molecule has 0 saturated heterocycles. The maximum atomic E-state index is 11.8. The Labute approximate surface area is 126 Å². The largest absolute Gasteiger partial charge is 0.481 e. The molecule has 21 heavy (non-hydrogen) atoms. The minimum absolute atomic E-state index is 0.000559. The predicted octanol–water partition coefficient (Wildman–Crippen LogP) is 2.48. The van der Waals surface area contributed by atoms with Crippen molar-refractivity contribution in [1.82, 2.24) is 5.32 Å². The molecule has 0 heterocycles. The number of hydrogen-bond donors (Lipinski definition) is 2. The molecule has 1 aromatic carbocycles. The van der Waals surface area contributed by atoms with Crippen LogP contribution in [0.2, 0.25) is 5.02 Å². The molecule has 8 heteroatoms. The van der Waals surface area contributed by atoms with Crippen LogP contribution >= 0.6 is 11.6 Å². The Morgan fingerprint density at radius 1 is 1.48 bits per heavy atom. The molecule has 1 amide bonds. The molecule has 0 aliphatic carbocycles. The van der Waals surface area contributed by atoms with Crippen molar-refractivity contribution < 1.29 is 19.6 Å². The number of benzene rings is 1. The molecule has 0 aliphatic rings. The number of non-ortho nitro benzene ring substituents is 1. The van der Waals surface area contributed by atoms with Crippen LogP contribution in [0.1, 0.15) is 30.1 Å². The molecule has 0 bridgehead atoms. The summed E-state index contributed by atoms with van der Waals surface area (Å²) in [6.45, 7) is 1.90. The lowest BCUT2D eigenvalue weighted by Gasteiger charge is -2.08. The number of nitrogens with one attached hydrogen (secondary N) is 1. The monoisotopic (exact) mass is 314 g/mol. The summed E-state index contributed by atoms with van der Waals surface area (Å²) in [5.41, 5.74) is -0.0413. The van der Waals surface area contributed by atoms with E-state index in [2.05, 4.69) is 5.32 Å². The minimum atomic E-state index is -0.875. The number of carbonyl (C=O) groups excluding carboxylic acids is 1. The second-order valence-electron chi connectivity index (χ2n) is 4.56. The Hall–Kier alpha value is -2.15. The number of carbonyl (C=O) groups is 2. The van der Waals surface area contributed by atoms with Gasteiger partial charge in [-0.25, -0.2) is 0 Å². The summed E-state index contributed by atoms with van der Waals surface area (Å²) in [7, 11) is 0. The fourth-order valence-electron chi connectivity index (χ4n) is 1.63. The molecular weight excluding hydrogens is 300 g/mol. The van der Waals surface area contributed by atoms with E-state index in [0.29, 0.717) is 19.4 Å². The molecular formula is C13H15ClN2O5. The molecule has 0 radical (unpaired) electrons. The number of rotatable bonds is 7. The van der Waals surface area contributed by atoms with Gasteiger partial charge in [-0.1, -0.05) is 18.5 Å². The molecule has 0 fully saturated rings. The van der Waals surface area contributed by atoms with E-state index in [-0.39, 0.29) is 16.3 Å². The maximum Gasteiger partial charge on any atom is 0.306 e. The minimum Gasteiger partial charge on any atom is -0.481 e. The van der Waals surface area contributed by atoms with Gasteiger partial charge in [0.15, 0.2) is 0 Å². The Kier molecular flexibility index (Phi) is 6.10. The Morgan fingerprint density at radius 3 is 2.67 bits per heavy atom. The first kappa shape index (κ1) is 16.9. The quantitative estimate of drug-likeness (QED) is 0.456. The van der Waals surface area contributed by atoms with Gasteiger partial charge in [0, 0.05) is 18.7 Å². The number of nitrogens with zero attached hydrogens (tertiary/aromatic N) is 1. The summed E-state index contributed by atoms with van der Waals surface area (Å²) < 4.78 is 0. The highest BCUT2D eigenvalue weighted by Crippen LogP contribution is 2.22. The van der Waals surface area contributed by atoms with E-state index in [4.69, 9.17) is 16.7 Å². The smallest absolute Gasteiger partial charge is 0.306 e. The molecule has 1 unspecified atom stereocenters. The fraction of sp³-hybridized carbons (Fsp3) is 0.385. The second-order valence-corrected chi connectivity index (χ2v) is 4.97. The molecule has 0 aliphatic heterocycles. The van der Waals surface area contributed by atoms with E-state index < -0.39 is 22.7 Å². The second kappa shape index (κ2) is 7.58. The van der Waals surface area contributed by atoms with Crippen LogP contribution < -0.4 is 5.32 Å². The van der Waals surface area contributed by atoms with Gasteiger partial charge >= 0.3 is 5.97 Å². The molecule has 0 spiro atoms. The van der Waals surface area contributed by atoms with Crippen molar-refractivity contribution in [3.63, 3.8) is 0 Å². The van der Waals surface area contributed by atoms with Crippen molar-refractivity contribution in [2.45, 2.75) is 19.8 Å². The first-order valence-electron chi connectivity index (χ1n) is 6.28. The van der Waals surface area contributed by atoms with Crippen LogP contribution in [0.15, 0.2) is 18.2 Å². The van der Waals surface area contributed by atoms with Crippen LogP contribution in [0.25, 0.3) is 0 Å². The van der Waals surface area contributed by atoms with Gasteiger partial charge in [0.1, 0.15) is 0 Å². The standard InChI is InChI=1S/C13H15ClN2O5/c1-8(13(18)19)3-2-6-15-12(17)10-5-4-9(16(20)21)7-11(10)14/h4-5,7-8H,2-3,6H2,1H3,(H,15,17)(H,18,19). The van der Waals surface area contributed by atoms with Gasteiger partial charge in [-0.2, -0.15) is 0 Å². The summed E-state index contributed by atoms with van der Waals surface area (Å²) in [6.07, 6.45) is 0.966. The van der Waals surface area contributed by atoms with E-state index in [0.717, 1.165) is 6.07 Å². The van der Waals surface area contributed by atoms with Gasteiger partial charge in [-0.05, 0) is 18.9 Å². The van der Waals surface area contributed by atoms with Gasteiger partial charge in [-0.3, -0.25) is 19.7 Å². The third-order valence-corrected chi connectivity index (χ3v) is 3.24. The van der Waals surface area contributed by atoms with Crippen LogP contribution in [0.3, 0.4) is 0 Å². The molecule has 114 valence electrons. The highest BCUT2D eigenvalue weighted by Gasteiger charge is 2.15. The van der Waals surface area contributed by atoms with Gasteiger partial charge in [0.05, 0.1) is 21.4 Å². The highest BCUT2D eigenvalue weighted by atomic mass is 35.5. The third kappa shape index (κ3) is 5.03. The topological polar surface area (TPSA) is 110 Å². The van der Waals surface area contributed by atoms with Crippen molar-refractivity contribution in [2.24, 2.45) is 5.92 Å². The van der Waals surface area contributed by atoms with E-state index in [1.54, 1.807) is 6.92 Å². The Balaban J connectivity index is 2.53. The summed E-state index contributed by atoms with van der Waals surface area (Å²) in [6, 6.07) is 3.60. The molecule has 0 aromatic heterocycles. The SMILES string of the molecule is CC(CCCNC(=O)c1ccc([N+](=O)[O-])cc1Cl)C(=O)O. The predicted molar refractivity (Wildman–Crippen MR) is 76.5 cm³/mol. The van der Waals surface area contributed by atoms with Crippen molar-refractivity contribution in [3.05, 3.63) is 38.9 Å². The number of halogens is 1. The number of aliphatic carboxylic acids is 1. The molecule has 0 saturated carbocycles. The van der Waals surface area contributed by atoms with E-state index >= 15 is 0 Å².